The average Bonchev–Trinajstić information content (AvgIpc) is 3.32. The van der Waals surface area contributed by atoms with Gasteiger partial charge in [0, 0.05) is 31.6 Å². The summed E-state index contributed by atoms with van der Waals surface area (Å²) in [7, 11) is 2.07. The summed E-state index contributed by atoms with van der Waals surface area (Å²) in [6, 6.07) is 7.87. The fourth-order valence-electron chi connectivity index (χ4n) is 4.34. The molecule has 2 fully saturated rings. The predicted molar refractivity (Wildman–Crippen MR) is 105 cm³/mol. The van der Waals surface area contributed by atoms with Crippen molar-refractivity contribution in [1.82, 2.24) is 24.6 Å². The zero-order chi connectivity index (χ0) is 18.8. The van der Waals surface area contributed by atoms with Crippen molar-refractivity contribution in [1.29, 1.82) is 0 Å². The molecule has 6 nitrogen and oxygen atoms in total. The lowest BCUT2D eigenvalue weighted by molar-refractivity contribution is 0.0703. The van der Waals surface area contributed by atoms with Crippen molar-refractivity contribution in [2.45, 2.75) is 45.1 Å². The Hall–Kier alpha value is -2.21. The fourth-order valence-corrected chi connectivity index (χ4v) is 4.34. The normalized spacial score (nSPS) is 21.0. The molecule has 0 unspecified atom stereocenters. The van der Waals surface area contributed by atoms with Crippen LogP contribution in [0.2, 0.25) is 0 Å². The SMILES string of the molecule is Cc1cccc(C(=O)N2CCC[C@H](c3nnc(CN4CCCC4)n3C)C2)c1. The van der Waals surface area contributed by atoms with Crippen molar-refractivity contribution < 1.29 is 4.79 Å². The van der Waals surface area contributed by atoms with Crippen LogP contribution < -0.4 is 0 Å². The van der Waals surface area contributed by atoms with E-state index in [4.69, 9.17) is 0 Å². The van der Waals surface area contributed by atoms with E-state index in [1.54, 1.807) is 0 Å². The Kier molecular flexibility index (Phi) is 5.25. The maximum atomic E-state index is 12.9. The van der Waals surface area contributed by atoms with Gasteiger partial charge in [-0.15, -0.1) is 10.2 Å². The van der Waals surface area contributed by atoms with Gasteiger partial charge in [0.1, 0.15) is 11.6 Å². The number of hydrogen-bond donors (Lipinski definition) is 0. The maximum Gasteiger partial charge on any atom is 0.253 e. The van der Waals surface area contributed by atoms with E-state index >= 15 is 0 Å². The number of rotatable bonds is 4. The minimum absolute atomic E-state index is 0.128. The lowest BCUT2D eigenvalue weighted by Crippen LogP contribution is -2.39. The van der Waals surface area contributed by atoms with E-state index in [0.717, 1.165) is 68.3 Å². The Bertz CT molecular complexity index is 809. The summed E-state index contributed by atoms with van der Waals surface area (Å²) in [5, 5.41) is 8.97. The van der Waals surface area contributed by atoms with Gasteiger partial charge in [-0.25, -0.2) is 0 Å². The molecular formula is C21H29N5O. The predicted octanol–water partition coefficient (Wildman–Crippen LogP) is 2.74. The molecule has 2 aliphatic heterocycles. The van der Waals surface area contributed by atoms with Gasteiger partial charge in [-0.2, -0.15) is 0 Å². The minimum atomic E-state index is 0.128. The third-order valence-corrected chi connectivity index (χ3v) is 5.90. The first-order chi connectivity index (χ1) is 13.1. The second kappa shape index (κ2) is 7.80. The maximum absolute atomic E-state index is 12.9. The molecule has 0 radical (unpaired) electrons. The monoisotopic (exact) mass is 367 g/mol. The number of aromatic nitrogens is 3. The Morgan fingerprint density at radius 1 is 1.15 bits per heavy atom. The van der Waals surface area contributed by atoms with Crippen molar-refractivity contribution in [3.8, 4) is 0 Å². The number of hydrogen-bond acceptors (Lipinski definition) is 4. The Labute approximate surface area is 161 Å². The number of likely N-dealkylation sites (tertiary alicyclic amines) is 2. The van der Waals surface area contributed by atoms with Gasteiger partial charge in [-0.1, -0.05) is 17.7 Å². The molecule has 2 aromatic rings. The van der Waals surface area contributed by atoms with Crippen LogP contribution in [0.3, 0.4) is 0 Å². The van der Waals surface area contributed by atoms with Gasteiger partial charge in [0.05, 0.1) is 6.54 Å². The highest BCUT2D eigenvalue weighted by Gasteiger charge is 2.29. The molecule has 144 valence electrons. The van der Waals surface area contributed by atoms with E-state index in [1.807, 2.05) is 36.1 Å². The van der Waals surface area contributed by atoms with Crippen molar-refractivity contribution in [2.75, 3.05) is 26.2 Å². The van der Waals surface area contributed by atoms with E-state index in [-0.39, 0.29) is 11.8 Å². The second-order valence-electron chi connectivity index (χ2n) is 7.98. The number of benzene rings is 1. The summed E-state index contributed by atoms with van der Waals surface area (Å²) in [6.07, 6.45) is 4.64. The summed E-state index contributed by atoms with van der Waals surface area (Å²) in [4.78, 5) is 17.4. The second-order valence-corrected chi connectivity index (χ2v) is 7.98. The van der Waals surface area contributed by atoms with Crippen molar-refractivity contribution in [3.05, 3.63) is 47.0 Å². The Balaban J connectivity index is 1.46. The first-order valence-corrected chi connectivity index (χ1v) is 10.1. The first-order valence-electron chi connectivity index (χ1n) is 10.1. The molecule has 3 heterocycles. The summed E-state index contributed by atoms with van der Waals surface area (Å²) in [6.45, 7) is 6.76. The number of carbonyl (C=O) groups is 1. The highest BCUT2D eigenvalue weighted by Crippen LogP contribution is 2.27. The largest absolute Gasteiger partial charge is 0.338 e. The van der Waals surface area contributed by atoms with Gasteiger partial charge in [0.25, 0.3) is 5.91 Å². The molecule has 4 rings (SSSR count). The Morgan fingerprint density at radius 3 is 2.74 bits per heavy atom. The quantitative estimate of drug-likeness (QED) is 0.834. The third kappa shape index (κ3) is 3.90. The summed E-state index contributed by atoms with van der Waals surface area (Å²) in [5.74, 6) is 2.44. The third-order valence-electron chi connectivity index (χ3n) is 5.90. The molecule has 27 heavy (non-hydrogen) atoms. The summed E-state index contributed by atoms with van der Waals surface area (Å²) in [5.41, 5.74) is 1.90. The van der Waals surface area contributed by atoms with Gasteiger partial charge in [0.15, 0.2) is 0 Å². The number of nitrogens with zero attached hydrogens (tertiary/aromatic N) is 5. The molecule has 6 heteroatoms. The van der Waals surface area contributed by atoms with Crippen LogP contribution in [0.15, 0.2) is 24.3 Å². The molecule has 1 amide bonds. The average molecular weight is 367 g/mol. The molecule has 2 aliphatic rings. The molecule has 0 aliphatic carbocycles. The van der Waals surface area contributed by atoms with E-state index in [0.29, 0.717) is 0 Å². The molecule has 0 N–H and O–H groups in total. The molecule has 1 atom stereocenters. The zero-order valence-electron chi connectivity index (χ0n) is 16.4. The molecule has 0 saturated carbocycles. The van der Waals surface area contributed by atoms with Gasteiger partial charge in [-0.05, 0) is 57.8 Å². The van der Waals surface area contributed by atoms with Crippen LogP contribution in [-0.4, -0.2) is 56.7 Å². The van der Waals surface area contributed by atoms with Crippen molar-refractivity contribution in [2.24, 2.45) is 7.05 Å². The van der Waals surface area contributed by atoms with Crippen LogP contribution in [0.25, 0.3) is 0 Å². The van der Waals surface area contributed by atoms with Gasteiger partial charge >= 0.3 is 0 Å². The topological polar surface area (TPSA) is 54.3 Å². The van der Waals surface area contributed by atoms with Crippen LogP contribution in [-0.2, 0) is 13.6 Å². The molecular weight excluding hydrogens is 338 g/mol. The van der Waals surface area contributed by atoms with Gasteiger partial charge in [-0.3, -0.25) is 9.69 Å². The number of aryl methyl sites for hydroxylation is 1. The van der Waals surface area contributed by atoms with E-state index in [9.17, 15) is 4.79 Å². The van der Waals surface area contributed by atoms with E-state index < -0.39 is 0 Å². The molecule has 0 bridgehead atoms. The highest BCUT2D eigenvalue weighted by molar-refractivity contribution is 5.94. The Morgan fingerprint density at radius 2 is 1.96 bits per heavy atom. The molecule has 1 aromatic carbocycles. The molecule has 1 aromatic heterocycles. The molecule has 0 spiro atoms. The fraction of sp³-hybridized carbons (Fsp3) is 0.571. The van der Waals surface area contributed by atoms with Gasteiger partial charge in [0.2, 0.25) is 0 Å². The van der Waals surface area contributed by atoms with E-state index in [1.165, 1.54) is 12.8 Å². The van der Waals surface area contributed by atoms with Gasteiger partial charge < -0.3 is 9.47 Å². The standard InChI is InChI=1S/C21H29N5O/c1-16-7-5-8-17(13-16)21(27)26-12-6-9-18(14-26)20-23-22-19(24(20)2)15-25-10-3-4-11-25/h5,7-8,13,18H,3-4,6,9-12,14-15H2,1-2H3/t18-/m0/s1. The lowest BCUT2D eigenvalue weighted by atomic mass is 9.96. The summed E-state index contributed by atoms with van der Waals surface area (Å²) >= 11 is 0. The van der Waals surface area contributed by atoms with Crippen molar-refractivity contribution >= 4 is 5.91 Å². The van der Waals surface area contributed by atoms with Crippen LogP contribution >= 0.6 is 0 Å². The number of amides is 1. The van der Waals surface area contributed by atoms with Crippen LogP contribution in [0, 0.1) is 6.92 Å². The van der Waals surface area contributed by atoms with Crippen molar-refractivity contribution in [3.63, 3.8) is 0 Å². The lowest BCUT2D eigenvalue weighted by Gasteiger charge is -2.32. The zero-order valence-corrected chi connectivity index (χ0v) is 16.4. The first kappa shape index (κ1) is 18.2. The smallest absolute Gasteiger partial charge is 0.253 e. The number of carbonyl (C=O) groups excluding carboxylic acids is 1. The number of piperidine rings is 1. The molecule has 2 saturated heterocycles. The van der Waals surface area contributed by atoms with Crippen LogP contribution in [0.1, 0.15) is 59.2 Å². The van der Waals surface area contributed by atoms with Crippen LogP contribution in [0.4, 0.5) is 0 Å². The van der Waals surface area contributed by atoms with E-state index in [2.05, 4.69) is 26.7 Å². The minimum Gasteiger partial charge on any atom is -0.338 e. The highest BCUT2D eigenvalue weighted by atomic mass is 16.2. The van der Waals surface area contributed by atoms with Crippen LogP contribution in [0.5, 0.6) is 0 Å². The summed E-state index contributed by atoms with van der Waals surface area (Å²) < 4.78 is 2.16.